The Morgan fingerprint density at radius 2 is 2.00 bits per heavy atom. The summed E-state index contributed by atoms with van der Waals surface area (Å²) in [6, 6.07) is 0. The fourth-order valence-electron chi connectivity index (χ4n) is 3.23. The molecule has 3 aliphatic heterocycles. The number of carbonyl (C=O) groups excluding carboxylic acids is 2. The minimum absolute atomic E-state index is 0.0339. The van der Waals surface area contributed by atoms with Crippen molar-refractivity contribution < 1.29 is 19.1 Å². The van der Waals surface area contributed by atoms with Gasteiger partial charge in [-0.1, -0.05) is 0 Å². The monoisotopic (exact) mass is 281 g/mol. The first-order valence-electron chi connectivity index (χ1n) is 6.12. The highest BCUT2D eigenvalue weighted by Crippen LogP contribution is 2.50. The van der Waals surface area contributed by atoms with Crippen LogP contribution in [-0.4, -0.2) is 46.0 Å². The van der Waals surface area contributed by atoms with Gasteiger partial charge in [-0.2, -0.15) is 0 Å². The number of aromatic nitrogens is 2. The van der Waals surface area contributed by atoms with Crippen LogP contribution in [0.5, 0.6) is 0 Å². The van der Waals surface area contributed by atoms with Gasteiger partial charge in [0.15, 0.2) is 0 Å². The number of hydrogen-bond acceptors (Lipinski definition) is 8. The molecule has 0 N–H and O–H groups in total. The summed E-state index contributed by atoms with van der Waals surface area (Å²) in [5.41, 5.74) is 1.70. The Labute approximate surface area is 112 Å². The zero-order valence-corrected chi connectivity index (χ0v) is 10.8. The zero-order valence-electron chi connectivity index (χ0n) is 10.00. The number of carbonyl (C=O) groups is 2. The molecule has 8 heteroatoms. The molecule has 0 amide bonds. The van der Waals surface area contributed by atoms with Crippen LogP contribution in [-0.2, 0) is 24.5 Å². The lowest BCUT2D eigenvalue weighted by molar-refractivity contribution is -0.258. The number of rotatable bonds is 1. The highest BCUT2D eigenvalue weighted by Gasteiger charge is 2.62. The largest absolute Gasteiger partial charge is 0.421 e. The minimum Gasteiger partial charge on any atom is -0.400 e. The summed E-state index contributed by atoms with van der Waals surface area (Å²) in [5, 5.41) is 9.10. The van der Waals surface area contributed by atoms with Gasteiger partial charge in [0, 0.05) is 24.9 Å². The number of esters is 2. The molecule has 0 radical (unpaired) electrons. The molecule has 1 aromatic heterocycles. The molecule has 0 aliphatic carbocycles. The highest BCUT2D eigenvalue weighted by molar-refractivity contribution is 7.09. The molecule has 4 heterocycles. The first kappa shape index (κ1) is 11.3. The predicted octanol–water partition coefficient (Wildman–Crippen LogP) is 0.0292. The van der Waals surface area contributed by atoms with Crippen molar-refractivity contribution in [2.24, 2.45) is 0 Å². The molecule has 3 fully saturated rings. The van der Waals surface area contributed by atoms with Crippen molar-refractivity contribution in [1.82, 2.24) is 15.1 Å². The topological polar surface area (TPSA) is 81.6 Å². The molecule has 1 aromatic rings. The molecule has 19 heavy (non-hydrogen) atoms. The van der Waals surface area contributed by atoms with Crippen molar-refractivity contribution >= 4 is 23.3 Å². The minimum atomic E-state index is -1.17. The molecule has 2 unspecified atom stereocenters. The third-order valence-corrected chi connectivity index (χ3v) is 5.18. The Kier molecular flexibility index (Phi) is 2.09. The van der Waals surface area contributed by atoms with E-state index < -0.39 is 17.8 Å². The summed E-state index contributed by atoms with van der Waals surface area (Å²) in [5.74, 6) is -2.95. The average Bonchev–Trinajstić information content (AvgIpc) is 3.08. The summed E-state index contributed by atoms with van der Waals surface area (Å²) in [4.78, 5) is 24.5. The second-order valence-corrected chi connectivity index (χ2v) is 6.02. The Bertz CT molecular complexity index is 544. The molecule has 1 spiro atoms. The molecular weight excluding hydrogens is 270 g/mol. The molecule has 0 saturated carbocycles. The van der Waals surface area contributed by atoms with E-state index in [0.717, 1.165) is 24.4 Å². The molecular formula is C11H11N3O4S. The van der Waals surface area contributed by atoms with Gasteiger partial charge in [-0.05, 0) is 12.8 Å². The van der Waals surface area contributed by atoms with Gasteiger partial charge in [0.05, 0.1) is 0 Å². The van der Waals surface area contributed by atoms with Crippen LogP contribution in [0.3, 0.4) is 0 Å². The molecule has 2 atom stereocenters. The van der Waals surface area contributed by atoms with Gasteiger partial charge in [-0.3, -0.25) is 0 Å². The first-order valence-corrected chi connectivity index (χ1v) is 7.00. The fraction of sp³-hybridized carbons (Fsp3) is 0.636. The first-order chi connectivity index (χ1) is 9.14. The summed E-state index contributed by atoms with van der Waals surface area (Å²) in [6.45, 7) is 1.41. The molecule has 3 aliphatic rings. The van der Waals surface area contributed by atoms with Crippen molar-refractivity contribution in [3.8, 4) is 0 Å². The van der Waals surface area contributed by atoms with E-state index in [-0.39, 0.29) is 5.41 Å². The lowest BCUT2D eigenvalue weighted by Crippen LogP contribution is -2.54. The number of hydrogen-bond donors (Lipinski definition) is 0. The van der Waals surface area contributed by atoms with Gasteiger partial charge in [-0.15, -0.1) is 21.5 Å². The lowest BCUT2D eigenvalue weighted by atomic mass is 9.81. The summed E-state index contributed by atoms with van der Waals surface area (Å²) >= 11 is 1.55. The zero-order chi connectivity index (χ0) is 13.1. The van der Waals surface area contributed by atoms with Gasteiger partial charge >= 0.3 is 17.8 Å². The van der Waals surface area contributed by atoms with E-state index in [4.69, 9.17) is 9.47 Å². The van der Waals surface area contributed by atoms with Gasteiger partial charge in [-0.25, -0.2) is 14.5 Å². The Balaban J connectivity index is 1.65. The van der Waals surface area contributed by atoms with Crippen LogP contribution in [0.1, 0.15) is 24.3 Å². The van der Waals surface area contributed by atoms with E-state index in [1.165, 1.54) is 0 Å². The molecule has 4 rings (SSSR count). The maximum absolute atomic E-state index is 11.3. The highest BCUT2D eigenvalue weighted by atomic mass is 32.1. The SMILES string of the molecule is O=C1OC2(CCC3(c4nncs4)CCN2C3)OC1=O. The molecule has 100 valence electrons. The quantitative estimate of drug-likeness (QED) is 0.530. The average molecular weight is 281 g/mol. The van der Waals surface area contributed by atoms with Gasteiger partial charge in [0.1, 0.15) is 10.5 Å². The van der Waals surface area contributed by atoms with Crippen molar-refractivity contribution in [3.05, 3.63) is 10.5 Å². The van der Waals surface area contributed by atoms with Crippen LogP contribution in [0.25, 0.3) is 0 Å². The summed E-state index contributed by atoms with van der Waals surface area (Å²) < 4.78 is 10.4. The smallest absolute Gasteiger partial charge is 0.400 e. The molecule has 7 nitrogen and oxygen atoms in total. The molecule has 2 bridgehead atoms. The van der Waals surface area contributed by atoms with Gasteiger partial charge < -0.3 is 9.47 Å². The lowest BCUT2D eigenvalue weighted by Gasteiger charge is -2.41. The van der Waals surface area contributed by atoms with Crippen LogP contribution < -0.4 is 0 Å². The third-order valence-electron chi connectivity index (χ3n) is 4.24. The maximum Gasteiger partial charge on any atom is 0.421 e. The van der Waals surface area contributed by atoms with Crippen LogP contribution in [0.15, 0.2) is 5.51 Å². The van der Waals surface area contributed by atoms with Gasteiger partial charge in [0.2, 0.25) is 0 Å². The summed E-state index contributed by atoms with van der Waals surface area (Å²) in [7, 11) is 0. The number of nitrogens with zero attached hydrogens (tertiary/aromatic N) is 3. The number of ether oxygens (including phenoxy) is 2. The Hall–Kier alpha value is -1.54. The fourth-order valence-corrected chi connectivity index (χ4v) is 4.04. The maximum atomic E-state index is 11.3. The number of fused-ring (bicyclic) bond motifs is 3. The third kappa shape index (κ3) is 1.41. The van der Waals surface area contributed by atoms with Crippen molar-refractivity contribution in [2.45, 2.75) is 30.6 Å². The van der Waals surface area contributed by atoms with E-state index in [2.05, 4.69) is 10.2 Å². The van der Waals surface area contributed by atoms with Crippen molar-refractivity contribution in [3.63, 3.8) is 0 Å². The normalized spacial score (nSPS) is 35.5. The van der Waals surface area contributed by atoms with Crippen LogP contribution >= 0.6 is 11.3 Å². The Morgan fingerprint density at radius 1 is 1.21 bits per heavy atom. The van der Waals surface area contributed by atoms with E-state index in [0.29, 0.717) is 13.0 Å². The van der Waals surface area contributed by atoms with E-state index >= 15 is 0 Å². The van der Waals surface area contributed by atoms with Crippen LogP contribution in [0, 0.1) is 0 Å². The van der Waals surface area contributed by atoms with Crippen molar-refractivity contribution in [2.75, 3.05) is 13.1 Å². The standard InChI is InChI=1S/C11H11N3O4S/c15-7-8(16)18-11(17-7)2-1-10(3-4-14(11)5-10)9-13-12-6-19-9/h6H,1-5H2. The van der Waals surface area contributed by atoms with E-state index in [1.54, 1.807) is 16.8 Å². The molecule has 0 aromatic carbocycles. The van der Waals surface area contributed by atoms with E-state index in [9.17, 15) is 9.59 Å². The molecule has 3 saturated heterocycles. The van der Waals surface area contributed by atoms with Crippen LogP contribution in [0.2, 0.25) is 0 Å². The second kappa shape index (κ2) is 3.51. The van der Waals surface area contributed by atoms with Crippen molar-refractivity contribution in [1.29, 1.82) is 0 Å². The second-order valence-electron chi connectivity index (χ2n) is 5.19. The predicted molar refractivity (Wildman–Crippen MR) is 61.9 cm³/mol. The Morgan fingerprint density at radius 3 is 2.68 bits per heavy atom. The van der Waals surface area contributed by atoms with Gasteiger partial charge in [0.25, 0.3) is 0 Å². The number of piperidine rings is 1. The summed E-state index contributed by atoms with van der Waals surface area (Å²) in [6.07, 6.45) is 2.18. The van der Waals surface area contributed by atoms with Crippen LogP contribution in [0.4, 0.5) is 0 Å². The van der Waals surface area contributed by atoms with E-state index in [1.807, 2.05) is 4.90 Å².